The molecule has 0 aliphatic heterocycles. The summed E-state index contributed by atoms with van der Waals surface area (Å²) in [6.45, 7) is 3.34. The quantitative estimate of drug-likeness (QED) is 0.541. The fourth-order valence-electron chi connectivity index (χ4n) is 1.86. The second-order valence-corrected chi connectivity index (χ2v) is 6.05. The second-order valence-electron chi connectivity index (χ2n) is 4.63. The van der Waals surface area contributed by atoms with E-state index < -0.39 is 0 Å². The number of ether oxygens (including phenoxy) is 2. The van der Waals surface area contributed by atoms with Crippen molar-refractivity contribution in [2.45, 2.75) is 25.3 Å². The van der Waals surface area contributed by atoms with Crippen molar-refractivity contribution in [3.63, 3.8) is 0 Å². The Labute approximate surface area is 142 Å². The lowest BCUT2D eigenvalue weighted by Gasteiger charge is -2.13. The maximum atomic E-state index is 5.98. The van der Waals surface area contributed by atoms with Gasteiger partial charge in [0.15, 0.2) is 0 Å². The minimum atomic E-state index is 0.526. The molecule has 0 aliphatic carbocycles. The molecule has 0 unspecified atom stereocenters. The number of rotatable bonds is 7. The minimum Gasteiger partial charge on any atom is -0.493 e. The van der Waals surface area contributed by atoms with Crippen molar-refractivity contribution in [2.75, 3.05) is 6.61 Å². The first-order valence-electron chi connectivity index (χ1n) is 6.92. The summed E-state index contributed by atoms with van der Waals surface area (Å²) in [6, 6.07) is 14.1. The Hall–Kier alpha value is -1.00. The van der Waals surface area contributed by atoms with Crippen LogP contribution < -0.4 is 9.47 Å². The molecule has 112 valence electrons. The van der Waals surface area contributed by atoms with Gasteiger partial charge in [-0.25, -0.2) is 0 Å². The maximum absolute atomic E-state index is 5.98. The highest BCUT2D eigenvalue weighted by Gasteiger charge is 2.07. The van der Waals surface area contributed by atoms with E-state index in [1.54, 1.807) is 0 Å². The summed E-state index contributed by atoms with van der Waals surface area (Å²) >= 11 is 7.04. The lowest BCUT2D eigenvalue weighted by Crippen LogP contribution is -2.00. The van der Waals surface area contributed by atoms with Gasteiger partial charge in [-0.1, -0.05) is 63.0 Å². The van der Waals surface area contributed by atoms with Gasteiger partial charge in [0, 0.05) is 27.0 Å². The van der Waals surface area contributed by atoms with Gasteiger partial charge in [-0.15, -0.1) is 0 Å². The van der Waals surface area contributed by atoms with Crippen molar-refractivity contribution >= 4 is 31.9 Å². The first-order chi connectivity index (χ1) is 10.2. The average Bonchev–Trinajstić information content (AvgIpc) is 2.52. The Morgan fingerprint density at radius 3 is 2.52 bits per heavy atom. The van der Waals surface area contributed by atoms with E-state index in [1.807, 2.05) is 36.4 Å². The van der Waals surface area contributed by atoms with Crippen LogP contribution in [0.3, 0.4) is 0 Å². The summed E-state index contributed by atoms with van der Waals surface area (Å²) in [5, 5.41) is 0.756. The van der Waals surface area contributed by atoms with E-state index in [1.165, 1.54) is 0 Å². The number of halogens is 2. The normalized spacial score (nSPS) is 10.4. The lowest BCUT2D eigenvalue weighted by molar-refractivity contribution is 0.292. The smallest absolute Gasteiger partial charge is 0.127 e. The standard InChI is InChI=1S/C17H18Br2O2/c1-2-9-20-15-8-7-13(11-18)17(10-15)21-12-14-5-3-4-6-16(14)19/h3-8,10H,2,9,11-12H2,1H3. The molecule has 0 aliphatic rings. The zero-order chi connectivity index (χ0) is 15.1. The highest BCUT2D eigenvalue weighted by molar-refractivity contribution is 9.10. The van der Waals surface area contributed by atoms with Crippen molar-refractivity contribution in [1.29, 1.82) is 0 Å². The van der Waals surface area contributed by atoms with Crippen molar-refractivity contribution in [2.24, 2.45) is 0 Å². The van der Waals surface area contributed by atoms with Crippen LogP contribution in [0.4, 0.5) is 0 Å². The molecule has 21 heavy (non-hydrogen) atoms. The second kappa shape index (κ2) is 8.44. The van der Waals surface area contributed by atoms with Gasteiger partial charge in [-0.05, 0) is 18.6 Å². The Bertz CT molecular complexity index is 585. The molecule has 2 aromatic rings. The fourth-order valence-corrected chi connectivity index (χ4v) is 2.72. The minimum absolute atomic E-state index is 0.526. The largest absolute Gasteiger partial charge is 0.493 e. The summed E-state index contributed by atoms with van der Waals surface area (Å²) in [6.07, 6.45) is 0.993. The van der Waals surface area contributed by atoms with E-state index in [9.17, 15) is 0 Å². The highest BCUT2D eigenvalue weighted by atomic mass is 79.9. The van der Waals surface area contributed by atoms with Crippen molar-refractivity contribution in [3.05, 3.63) is 58.1 Å². The van der Waals surface area contributed by atoms with E-state index in [2.05, 4.69) is 44.8 Å². The number of benzene rings is 2. The molecule has 0 spiro atoms. The van der Waals surface area contributed by atoms with Crippen LogP contribution in [0.25, 0.3) is 0 Å². The van der Waals surface area contributed by atoms with Gasteiger partial charge in [0.2, 0.25) is 0 Å². The molecule has 0 bridgehead atoms. The Kier molecular flexibility index (Phi) is 6.58. The van der Waals surface area contributed by atoms with Gasteiger partial charge in [0.25, 0.3) is 0 Å². The summed E-state index contributed by atoms with van der Waals surface area (Å²) in [7, 11) is 0. The van der Waals surface area contributed by atoms with Crippen LogP contribution >= 0.6 is 31.9 Å². The van der Waals surface area contributed by atoms with Crippen LogP contribution in [-0.4, -0.2) is 6.61 Å². The van der Waals surface area contributed by atoms with E-state index in [0.717, 1.165) is 45.5 Å². The van der Waals surface area contributed by atoms with E-state index >= 15 is 0 Å². The van der Waals surface area contributed by atoms with Crippen molar-refractivity contribution in [1.82, 2.24) is 0 Å². The first kappa shape index (κ1) is 16.4. The predicted octanol–water partition coefficient (Wildman–Crippen LogP) is 5.71. The molecule has 0 radical (unpaired) electrons. The molecule has 4 heteroatoms. The van der Waals surface area contributed by atoms with Crippen molar-refractivity contribution in [3.8, 4) is 11.5 Å². The molecule has 0 amide bonds. The summed E-state index contributed by atoms with van der Waals surface area (Å²) in [5.74, 6) is 1.71. The molecule has 0 N–H and O–H groups in total. The van der Waals surface area contributed by atoms with Crippen LogP contribution in [-0.2, 0) is 11.9 Å². The van der Waals surface area contributed by atoms with Gasteiger partial charge >= 0.3 is 0 Å². The summed E-state index contributed by atoms with van der Waals surface area (Å²) in [5.41, 5.74) is 2.24. The zero-order valence-corrected chi connectivity index (χ0v) is 15.1. The Morgan fingerprint density at radius 2 is 1.81 bits per heavy atom. The van der Waals surface area contributed by atoms with Crippen LogP contribution in [0.1, 0.15) is 24.5 Å². The van der Waals surface area contributed by atoms with Crippen molar-refractivity contribution < 1.29 is 9.47 Å². The number of hydrogen-bond acceptors (Lipinski definition) is 2. The zero-order valence-electron chi connectivity index (χ0n) is 11.9. The average molecular weight is 414 g/mol. The lowest BCUT2D eigenvalue weighted by atomic mass is 10.2. The molecule has 0 heterocycles. The third-order valence-electron chi connectivity index (χ3n) is 3.00. The molecule has 0 atom stereocenters. The van der Waals surface area contributed by atoms with Crippen LogP contribution in [0.5, 0.6) is 11.5 Å². The van der Waals surface area contributed by atoms with Gasteiger partial charge in [-0.3, -0.25) is 0 Å². The van der Waals surface area contributed by atoms with Crippen LogP contribution in [0.2, 0.25) is 0 Å². The van der Waals surface area contributed by atoms with Gasteiger partial charge in [0.1, 0.15) is 18.1 Å². The van der Waals surface area contributed by atoms with Crippen LogP contribution in [0.15, 0.2) is 46.9 Å². The summed E-state index contributed by atoms with van der Waals surface area (Å²) in [4.78, 5) is 0. The third-order valence-corrected chi connectivity index (χ3v) is 4.37. The Morgan fingerprint density at radius 1 is 1.00 bits per heavy atom. The maximum Gasteiger partial charge on any atom is 0.127 e. The Balaban J connectivity index is 2.12. The molecule has 0 saturated carbocycles. The molecular formula is C17H18Br2O2. The number of hydrogen-bond donors (Lipinski definition) is 0. The van der Waals surface area contributed by atoms with E-state index in [0.29, 0.717) is 6.61 Å². The van der Waals surface area contributed by atoms with E-state index in [4.69, 9.17) is 9.47 Å². The molecule has 0 fully saturated rings. The third kappa shape index (κ3) is 4.75. The first-order valence-corrected chi connectivity index (χ1v) is 8.84. The van der Waals surface area contributed by atoms with Crippen LogP contribution in [0, 0.1) is 0 Å². The molecule has 0 saturated heterocycles. The summed E-state index contributed by atoms with van der Waals surface area (Å²) < 4.78 is 12.7. The predicted molar refractivity (Wildman–Crippen MR) is 93.3 cm³/mol. The molecule has 2 rings (SSSR count). The van der Waals surface area contributed by atoms with E-state index in [-0.39, 0.29) is 0 Å². The number of alkyl halides is 1. The van der Waals surface area contributed by atoms with Gasteiger partial charge in [0.05, 0.1) is 6.61 Å². The molecule has 2 nitrogen and oxygen atoms in total. The topological polar surface area (TPSA) is 18.5 Å². The van der Waals surface area contributed by atoms with Gasteiger partial charge in [-0.2, -0.15) is 0 Å². The molecule has 2 aromatic carbocycles. The molecular weight excluding hydrogens is 396 g/mol. The highest BCUT2D eigenvalue weighted by Crippen LogP contribution is 2.28. The van der Waals surface area contributed by atoms with Gasteiger partial charge < -0.3 is 9.47 Å². The monoisotopic (exact) mass is 412 g/mol. The fraction of sp³-hybridized carbons (Fsp3) is 0.294. The SMILES string of the molecule is CCCOc1ccc(CBr)c(OCc2ccccc2Br)c1. The molecule has 0 aromatic heterocycles.